The van der Waals surface area contributed by atoms with E-state index >= 15 is 0 Å². The van der Waals surface area contributed by atoms with Crippen LogP contribution in [-0.4, -0.2) is 80.7 Å². The molecule has 7 nitrogen and oxygen atoms in total. The van der Waals surface area contributed by atoms with E-state index in [2.05, 4.69) is 31.3 Å². The summed E-state index contributed by atoms with van der Waals surface area (Å²) in [5, 5.41) is 6.37. The fraction of sp³-hybridized carbons (Fsp3) is 0.379. The summed E-state index contributed by atoms with van der Waals surface area (Å²) in [7, 11) is 3.95. The topological polar surface area (TPSA) is 91.4 Å². The van der Waals surface area contributed by atoms with Crippen molar-refractivity contribution >= 4 is 61.1 Å². The van der Waals surface area contributed by atoms with Crippen LogP contribution in [0.1, 0.15) is 54.6 Å². The van der Waals surface area contributed by atoms with Gasteiger partial charge in [0.15, 0.2) is 6.29 Å². The molecule has 0 aromatic heterocycles. The largest absolute Gasteiger partial charge is 0.387 e. The number of hydrazone groups is 1. The first-order valence-electron chi connectivity index (χ1n) is 13.1. The number of carbonyl (C=O) groups is 2. The minimum Gasteiger partial charge on any atom is -0.387 e. The molecule has 1 heterocycles. The maximum atomic E-state index is 13.4. The normalized spacial score (nSPS) is 12.9. The van der Waals surface area contributed by atoms with Crippen LogP contribution in [0.2, 0.25) is 0 Å². The average molecular weight is 532 g/mol. The lowest BCUT2D eigenvalue weighted by Crippen LogP contribution is -2.34. The number of hydrogen-bond acceptors (Lipinski definition) is 7. The Morgan fingerprint density at radius 2 is 1.87 bits per heavy atom. The second-order valence-electron chi connectivity index (χ2n) is 9.55. The van der Waals surface area contributed by atoms with Gasteiger partial charge >= 0.3 is 0 Å². The van der Waals surface area contributed by atoms with Gasteiger partial charge in [0, 0.05) is 55.6 Å². The first-order chi connectivity index (χ1) is 18.3. The monoisotopic (exact) mass is 531 g/mol. The third-order valence-electron chi connectivity index (χ3n) is 6.43. The maximum absolute atomic E-state index is 13.4. The fourth-order valence-corrected chi connectivity index (χ4v) is 4.90. The van der Waals surface area contributed by atoms with E-state index in [0.717, 1.165) is 77.9 Å². The van der Waals surface area contributed by atoms with Crippen molar-refractivity contribution < 1.29 is 9.59 Å². The molecule has 2 N–H and O–H groups in total. The minimum atomic E-state index is 0.0269. The van der Waals surface area contributed by atoms with Crippen molar-refractivity contribution in [3.05, 3.63) is 52.6 Å². The van der Waals surface area contributed by atoms with Crippen molar-refractivity contribution in [2.75, 3.05) is 38.7 Å². The van der Waals surface area contributed by atoms with Crippen LogP contribution >= 0.6 is 11.8 Å². The summed E-state index contributed by atoms with van der Waals surface area (Å²) in [6, 6.07) is 9.81. The molecule has 0 saturated carbocycles. The van der Waals surface area contributed by atoms with Gasteiger partial charge in [-0.3, -0.25) is 14.6 Å². The van der Waals surface area contributed by atoms with Crippen molar-refractivity contribution in [3.8, 4) is 11.1 Å². The number of thioether (sulfide) groups is 1. The molecule has 0 radical (unpaired) electrons. The predicted molar refractivity (Wildman–Crippen MR) is 165 cm³/mol. The summed E-state index contributed by atoms with van der Waals surface area (Å²) >= 11 is 1.76. The van der Waals surface area contributed by atoms with Crippen molar-refractivity contribution in [1.29, 1.82) is 0 Å². The van der Waals surface area contributed by atoms with Crippen LogP contribution in [-0.2, 0) is 4.79 Å². The van der Waals surface area contributed by atoms with Crippen LogP contribution < -0.4 is 11.2 Å². The van der Waals surface area contributed by atoms with Crippen LogP contribution in [0.5, 0.6) is 0 Å². The number of hydrogen-bond donors (Lipinski definition) is 1. The van der Waals surface area contributed by atoms with Gasteiger partial charge in [-0.25, -0.2) is 4.99 Å². The summed E-state index contributed by atoms with van der Waals surface area (Å²) in [5.41, 5.74) is 12.9. The highest BCUT2D eigenvalue weighted by Gasteiger charge is 2.22. The average Bonchev–Trinajstić information content (AvgIpc) is 3.08. The van der Waals surface area contributed by atoms with Crippen LogP contribution in [0, 0.1) is 0 Å². The molecular formula is C29H38BN5O2S. The van der Waals surface area contributed by atoms with Gasteiger partial charge in [0.1, 0.15) is 13.7 Å². The number of nitrogens with zero attached hydrogens (tertiary/aromatic N) is 4. The Kier molecular flexibility index (Phi) is 10.8. The Morgan fingerprint density at radius 3 is 2.53 bits per heavy atom. The smallest absolute Gasteiger partial charge is 0.250 e. The van der Waals surface area contributed by atoms with Crippen molar-refractivity contribution in [2.24, 2.45) is 15.8 Å². The molecule has 0 saturated heterocycles. The Bertz CT molecular complexity index is 1250. The predicted octanol–water partition coefficient (Wildman–Crippen LogP) is 3.48. The summed E-state index contributed by atoms with van der Waals surface area (Å²) < 4.78 is 0. The quantitative estimate of drug-likeness (QED) is 0.196. The van der Waals surface area contributed by atoms with Crippen molar-refractivity contribution in [2.45, 2.75) is 33.1 Å². The highest BCUT2D eigenvalue weighted by molar-refractivity contribution is 7.98. The van der Waals surface area contributed by atoms with Gasteiger partial charge in [-0.15, -0.1) is 0 Å². The summed E-state index contributed by atoms with van der Waals surface area (Å²) in [4.78, 5) is 31.6. The number of aldehydes is 1. The molecule has 0 bridgehead atoms. The molecule has 2 aromatic rings. The van der Waals surface area contributed by atoms with E-state index in [1.807, 2.05) is 55.1 Å². The third kappa shape index (κ3) is 7.37. The zero-order valence-electron chi connectivity index (χ0n) is 23.2. The molecule has 0 atom stereocenters. The Hall–Kier alpha value is -3.33. The van der Waals surface area contributed by atoms with Crippen LogP contribution in [0.25, 0.3) is 17.2 Å². The molecule has 0 aliphatic carbocycles. The van der Waals surface area contributed by atoms with E-state index in [9.17, 15) is 9.59 Å². The number of amides is 1. The van der Waals surface area contributed by atoms with Gasteiger partial charge in [-0.2, -0.15) is 16.9 Å². The van der Waals surface area contributed by atoms with Crippen LogP contribution in [0.4, 0.5) is 5.69 Å². The first-order valence-corrected chi connectivity index (χ1v) is 14.5. The van der Waals surface area contributed by atoms with Gasteiger partial charge in [0.2, 0.25) is 5.91 Å². The minimum absolute atomic E-state index is 0.0269. The first kappa shape index (κ1) is 29.2. The fourth-order valence-electron chi connectivity index (χ4n) is 4.45. The Labute approximate surface area is 231 Å². The Morgan fingerprint density at radius 1 is 1.13 bits per heavy atom. The molecule has 0 spiro atoms. The number of rotatable bonds is 12. The van der Waals surface area contributed by atoms with Crippen LogP contribution in [0.15, 0.2) is 46.0 Å². The van der Waals surface area contributed by atoms with E-state index in [0.29, 0.717) is 23.4 Å². The zero-order valence-corrected chi connectivity index (χ0v) is 24.0. The maximum Gasteiger partial charge on any atom is 0.250 e. The third-order valence-corrected chi connectivity index (χ3v) is 7.02. The summed E-state index contributed by atoms with van der Waals surface area (Å²) in [5.74, 6) is 1.42. The standard InChI is InChI=1S/C29H38BN5O2S/c1-5-9-35(10-6-2)29(37)23-14-25-26(30)15-22(16-27(25)33-28(31)17-23)20-7-8-21(19-36)24(13-20)18-32-34(3)11-12-38-4/h7-8,13-16,18-19H,5-6,9-12,17,30H2,1-4H3,(H2,31,33)/b32-18-. The Balaban J connectivity index is 2.00. The second-order valence-corrected chi connectivity index (χ2v) is 10.5. The molecule has 200 valence electrons. The molecule has 9 heteroatoms. The lowest BCUT2D eigenvalue weighted by atomic mass is 9.85. The second kappa shape index (κ2) is 14.0. The molecule has 38 heavy (non-hydrogen) atoms. The summed E-state index contributed by atoms with van der Waals surface area (Å²) in [6.45, 7) is 6.43. The number of nitrogens with two attached hydrogens (primary N) is 1. The molecule has 2 aromatic carbocycles. The highest BCUT2D eigenvalue weighted by atomic mass is 32.2. The SMILES string of the molecule is Bc1cc(-c2ccc(C=O)c(/C=N\N(C)CCSC)c2)cc2c1C=C(C(=O)N(CCC)CCC)CC(N)=N2. The number of benzene rings is 2. The van der Waals surface area contributed by atoms with E-state index in [1.54, 1.807) is 18.0 Å². The molecule has 0 fully saturated rings. The van der Waals surface area contributed by atoms with Gasteiger partial charge in [-0.1, -0.05) is 37.5 Å². The number of fused-ring (bicyclic) bond motifs is 1. The van der Waals surface area contributed by atoms with Gasteiger partial charge < -0.3 is 10.6 Å². The molecule has 0 unspecified atom stereocenters. The lowest BCUT2D eigenvalue weighted by Gasteiger charge is -2.22. The van der Waals surface area contributed by atoms with Crippen molar-refractivity contribution in [3.63, 3.8) is 0 Å². The van der Waals surface area contributed by atoms with E-state index < -0.39 is 0 Å². The van der Waals surface area contributed by atoms with Gasteiger partial charge in [0.05, 0.1) is 11.9 Å². The highest BCUT2D eigenvalue weighted by Crippen LogP contribution is 2.31. The summed E-state index contributed by atoms with van der Waals surface area (Å²) in [6.07, 6.45) is 8.74. The van der Waals surface area contributed by atoms with Crippen LogP contribution in [0.3, 0.4) is 0 Å². The van der Waals surface area contributed by atoms with E-state index in [1.165, 1.54) is 0 Å². The van der Waals surface area contributed by atoms with E-state index in [4.69, 9.17) is 10.7 Å². The van der Waals surface area contributed by atoms with Gasteiger partial charge in [0.25, 0.3) is 0 Å². The molecule has 1 aliphatic heterocycles. The zero-order chi connectivity index (χ0) is 27.7. The molecule has 3 rings (SSSR count). The molecule has 1 aliphatic rings. The van der Waals surface area contributed by atoms with E-state index in [-0.39, 0.29) is 5.91 Å². The lowest BCUT2D eigenvalue weighted by molar-refractivity contribution is -0.127. The van der Waals surface area contributed by atoms with Crippen molar-refractivity contribution in [1.82, 2.24) is 9.91 Å². The molecule has 1 amide bonds. The number of amidine groups is 1. The number of carbonyl (C=O) groups excluding carboxylic acids is 2. The number of aliphatic imine (C=N–C) groups is 1. The van der Waals surface area contributed by atoms with Gasteiger partial charge in [-0.05, 0) is 54.0 Å². The molecular weight excluding hydrogens is 493 g/mol.